The Hall–Kier alpha value is -4.31. The zero-order valence-corrected chi connectivity index (χ0v) is 23.6. The molecule has 1 aliphatic heterocycles. The number of nitro benzene ring substituents is 1. The van der Waals surface area contributed by atoms with Crippen molar-refractivity contribution in [1.29, 1.82) is 0 Å². The minimum Gasteiger partial charge on any atom is -0.466 e. The fourth-order valence-corrected chi connectivity index (χ4v) is 4.62. The zero-order chi connectivity index (χ0) is 29.8. The molecule has 2 aromatic rings. The van der Waals surface area contributed by atoms with Crippen molar-refractivity contribution in [3.05, 3.63) is 93.2 Å². The van der Waals surface area contributed by atoms with Crippen LogP contribution < -0.4 is 5.73 Å². The molecule has 2 unspecified atom stereocenters. The summed E-state index contributed by atoms with van der Waals surface area (Å²) in [6.45, 7) is 8.22. The van der Waals surface area contributed by atoms with Crippen LogP contribution in [0.15, 0.2) is 71.9 Å². The van der Waals surface area contributed by atoms with Crippen molar-refractivity contribution >= 4 is 29.2 Å². The van der Waals surface area contributed by atoms with Gasteiger partial charge in [-0.1, -0.05) is 42.5 Å². The largest absolute Gasteiger partial charge is 0.466 e. The fraction of sp³-hybridized carbons (Fsp3) is 0.367. The van der Waals surface area contributed by atoms with E-state index < -0.39 is 39.7 Å². The van der Waals surface area contributed by atoms with Crippen LogP contribution >= 0.6 is 0 Å². The van der Waals surface area contributed by atoms with Crippen LogP contribution in [0.3, 0.4) is 0 Å². The normalized spacial score (nSPS) is 17.0. The van der Waals surface area contributed by atoms with Crippen LogP contribution in [0.2, 0.25) is 0 Å². The van der Waals surface area contributed by atoms with Crippen LogP contribution in [0.1, 0.15) is 58.1 Å². The molecular weight excluding hydrogens is 514 g/mol. The maximum Gasteiger partial charge on any atom is 0.336 e. The van der Waals surface area contributed by atoms with E-state index in [1.54, 1.807) is 71.0 Å². The summed E-state index contributed by atoms with van der Waals surface area (Å²) in [4.78, 5) is 52.6. The molecule has 0 fully saturated rings. The van der Waals surface area contributed by atoms with Gasteiger partial charge in [0.25, 0.3) is 5.69 Å². The van der Waals surface area contributed by atoms with Crippen molar-refractivity contribution in [2.24, 2.45) is 11.1 Å². The van der Waals surface area contributed by atoms with Crippen molar-refractivity contribution in [2.75, 3.05) is 13.7 Å². The van der Waals surface area contributed by atoms with Crippen LogP contribution in [0, 0.1) is 15.5 Å². The molecule has 2 aromatic carbocycles. The number of carbonyl (C=O) groups is 3. The van der Waals surface area contributed by atoms with E-state index >= 15 is 0 Å². The molecule has 0 bridgehead atoms. The molecule has 10 heteroatoms. The van der Waals surface area contributed by atoms with Crippen molar-refractivity contribution in [3.8, 4) is 0 Å². The monoisotopic (exact) mass is 549 g/mol. The molecule has 1 aliphatic rings. The van der Waals surface area contributed by atoms with Crippen molar-refractivity contribution < 1.29 is 28.8 Å². The van der Waals surface area contributed by atoms with E-state index in [2.05, 4.69) is 0 Å². The first kappa shape index (κ1) is 30.2. The third-order valence-corrected chi connectivity index (χ3v) is 6.64. The smallest absolute Gasteiger partial charge is 0.336 e. The zero-order valence-electron chi connectivity index (χ0n) is 23.6. The van der Waals surface area contributed by atoms with Gasteiger partial charge in [0.1, 0.15) is 5.60 Å². The molecule has 1 heterocycles. The maximum absolute atomic E-state index is 14.3. The highest BCUT2D eigenvalue weighted by Crippen LogP contribution is 2.43. The second-order valence-corrected chi connectivity index (χ2v) is 10.9. The summed E-state index contributed by atoms with van der Waals surface area (Å²) in [6, 6.07) is 15.0. The molecular formula is C30H35N3O7. The summed E-state index contributed by atoms with van der Waals surface area (Å²) >= 11 is 0. The Morgan fingerprint density at radius 2 is 1.70 bits per heavy atom. The number of ether oxygens (including phenoxy) is 2. The fourth-order valence-electron chi connectivity index (χ4n) is 4.62. The molecule has 2 atom stereocenters. The number of nitrogens with two attached hydrogens (primary N) is 1. The molecule has 2 N–H and O–H groups in total. The van der Waals surface area contributed by atoms with E-state index in [9.17, 15) is 24.5 Å². The number of methoxy groups -OCH3 is 1. The SMILES string of the molecule is COC(=O)C1=C(C)N(C(=O)C(C)(CN)CC(=O)OC(C)(C)C)C(c2ccccc2)=CC1c1cccc([N+](=O)[O-])c1. The number of nitro groups is 1. The Morgan fingerprint density at radius 1 is 1.05 bits per heavy atom. The number of nitrogens with zero attached hydrogens (tertiary/aromatic N) is 2. The molecule has 0 aromatic heterocycles. The summed E-state index contributed by atoms with van der Waals surface area (Å²) < 4.78 is 10.6. The minimum absolute atomic E-state index is 0.132. The van der Waals surface area contributed by atoms with Crippen molar-refractivity contribution in [2.45, 2.75) is 52.6 Å². The summed E-state index contributed by atoms with van der Waals surface area (Å²) in [5.74, 6) is -2.55. The van der Waals surface area contributed by atoms with Gasteiger partial charge in [-0.3, -0.25) is 24.6 Å². The summed E-state index contributed by atoms with van der Waals surface area (Å²) in [7, 11) is 1.22. The Bertz CT molecular complexity index is 1380. The lowest BCUT2D eigenvalue weighted by Crippen LogP contribution is -2.48. The molecule has 0 saturated carbocycles. The molecule has 10 nitrogen and oxygen atoms in total. The van der Waals surface area contributed by atoms with Gasteiger partial charge in [0, 0.05) is 30.3 Å². The van der Waals surface area contributed by atoms with E-state index in [4.69, 9.17) is 15.2 Å². The first-order valence-electron chi connectivity index (χ1n) is 12.8. The lowest BCUT2D eigenvalue weighted by atomic mass is 9.81. The van der Waals surface area contributed by atoms with E-state index in [-0.39, 0.29) is 29.9 Å². The Balaban J connectivity index is 2.23. The second-order valence-electron chi connectivity index (χ2n) is 10.9. The topological polar surface area (TPSA) is 142 Å². The summed E-state index contributed by atoms with van der Waals surface area (Å²) in [5, 5.41) is 11.5. The van der Waals surface area contributed by atoms with E-state index in [1.165, 1.54) is 30.2 Å². The van der Waals surface area contributed by atoms with Gasteiger partial charge in [0.05, 0.1) is 35.1 Å². The van der Waals surface area contributed by atoms with Gasteiger partial charge in [-0.15, -0.1) is 0 Å². The minimum atomic E-state index is -1.38. The van der Waals surface area contributed by atoms with E-state index in [0.29, 0.717) is 16.8 Å². The number of benzene rings is 2. The number of non-ortho nitro benzene ring substituents is 1. The number of hydrogen-bond acceptors (Lipinski definition) is 8. The number of carbonyl (C=O) groups excluding carboxylic acids is 3. The predicted octanol–water partition coefficient (Wildman–Crippen LogP) is 4.71. The summed E-state index contributed by atoms with van der Waals surface area (Å²) in [6.07, 6.45) is 1.42. The van der Waals surface area contributed by atoms with Gasteiger partial charge in [0.15, 0.2) is 0 Å². The molecule has 0 aliphatic carbocycles. The molecule has 3 rings (SSSR count). The van der Waals surface area contributed by atoms with Gasteiger partial charge >= 0.3 is 11.9 Å². The maximum atomic E-state index is 14.3. The van der Waals surface area contributed by atoms with E-state index in [1.807, 2.05) is 6.07 Å². The Morgan fingerprint density at radius 3 is 2.25 bits per heavy atom. The molecule has 0 radical (unpaired) electrons. The third kappa shape index (κ3) is 6.45. The highest BCUT2D eigenvalue weighted by molar-refractivity contribution is 6.00. The predicted molar refractivity (Wildman–Crippen MR) is 149 cm³/mol. The molecule has 40 heavy (non-hydrogen) atoms. The highest BCUT2D eigenvalue weighted by Gasteiger charge is 2.44. The first-order valence-corrected chi connectivity index (χ1v) is 12.8. The highest BCUT2D eigenvalue weighted by atomic mass is 16.6. The standard InChI is InChI=1S/C30H35N3O7/c1-19-26(27(35)39-6)23(21-13-10-14-22(15-21)33(37)38)16-24(20-11-8-7-9-12-20)32(19)28(36)30(5,18-31)17-25(34)40-29(2,3)4/h7-16,23H,17-18,31H2,1-6H3. The number of allylic oxidation sites excluding steroid dienone is 2. The van der Waals surface area contributed by atoms with Crippen molar-refractivity contribution in [3.63, 3.8) is 0 Å². The van der Waals surface area contributed by atoms with Gasteiger partial charge in [-0.2, -0.15) is 0 Å². The molecule has 1 amide bonds. The Labute approximate surface area is 233 Å². The average molecular weight is 550 g/mol. The molecule has 0 spiro atoms. The summed E-state index contributed by atoms with van der Waals surface area (Å²) in [5.41, 5.74) is 5.79. The third-order valence-electron chi connectivity index (χ3n) is 6.64. The molecule has 212 valence electrons. The Kier molecular flexibility index (Phi) is 8.94. The lowest BCUT2D eigenvalue weighted by molar-refractivity contribution is -0.384. The number of esters is 2. The van der Waals surface area contributed by atoms with Crippen LogP contribution in [-0.4, -0.2) is 46.9 Å². The number of amides is 1. The van der Waals surface area contributed by atoms with Crippen LogP contribution in [0.25, 0.3) is 5.70 Å². The lowest BCUT2D eigenvalue weighted by Gasteiger charge is -2.39. The van der Waals surface area contributed by atoms with Crippen LogP contribution in [-0.2, 0) is 23.9 Å². The van der Waals surface area contributed by atoms with Gasteiger partial charge in [0.2, 0.25) is 5.91 Å². The first-order chi connectivity index (χ1) is 18.7. The quantitative estimate of drug-likeness (QED) is 0.284. The van der Waals surface area contributed by atoms with Gasteiger partial charge in [-0.05, 0) is 51.8 Å². The van der Waals surface area contributed by atoms with Gasteiger partial charge < -0.3 is 15.2 Å². The second kappa shape index (κ2) is 11.8. The van der Waals surface area contributed by atoms with Crippen LogP contribution in [0.5, 0.6) is 0 Å². The average Bonchev–Trinajstić information content (AvgIpc) is 2.91. The number of rotatable bonds is 8. The number of hydrogen-bond donors (Lipinski definition) is 1. The van der Waals surface area contributed by atoms with Gasteiger partial charge in [-0.25, -0.2) is 4.79 Å². The van der Waals surface area contributed by atoms with Crippen molar-refractivity contribution in [1.82, 2.24) is 4.90 Å². The molecule has 0 saturated heterocycles. The van der Waals surface area contributed by atoms with Crippen LogP contribution in [0.4, 0.5) is 5.69 Å². The van der Waals surface area contributed by atoms with E-state index in [0.717, 1.165) is 0 Å².